The van der Waals surface area contributed by atoms with E-state index in [0.29, 0.717) is 0 Å². The molecule has 2 aromatic rings. The standard InChI is InChI=1S/C9H8N3O/c1-6(13)12-7-2-3-8-9(4-7)11-5-10-8/h2-4H,1H3,(H,10,11)(H,12,13). The first-order valence-electron chi connectivity index (χ1n) is 3.89. The van der Waals surface area contributed by atoms with Crippen LogP contribution in [-0.4, -0.2) is 15.9 Å². The van der Waals surface area contributed by atoms with Crippen molar-refractivity contribution >= 4 is 22.6 Å². The first-order chi connectivity index (χ1) is 6.25. The first kappa shape index (κ1) is 7.79. The number of aromatic nitrogens is 2. The highest BCUT2D eigenvalue weighted by molar-refractivity contribution is 5.91. The van der Waals surface area contributed by atoms with Gasteiger partial charge in [-0.3, -0.25) is 4.79 Å². The van der Waals surface area contributed by atoms with Crippen molar-refractivity contribution in [3.8, 4) is 0 Å². The zero-order valence-electron chi connectivity index (χ0n) is 7.09. The predicted molar refractivity (Wildman–Crippen MR) is 49.2 cm³/mol. The third kappa shape index (κ3) is 1.51. The van der Waals surface area contributed by atoms with Crippen LogP contribution in [0.3, 0.4) is 0 Å². The van der Waals surface area contributed by atoms with Crippen LogP contribution in [0.25, 0.3) is 11.0 Å². The highest BCUT2D eigenvalue weighted by Crippen LogP contribution is 2.14. The second kappa shape index (κ2) is 2.90. The van der Waals surface area contributed by atoms with Gasteiger partial charge in [0, 0.05) is 12.6 Å². The Labute approximate surface area is 75.0 Å². The minimum absolute atomic E-state index is 0.0844. The van der Waals surface area contributed by atoms with Crippen LogP contribution in [0, 0.1) is 6.33 Å². The van der Waals surface area contributed by atoms with E-state index in [9.17, 15) is 4.79 Å². The number of nitrogens with zero attached hydrogens (tertiary/aromatic N) is 1. The molecule has 0 aliphatic rings. The van der Waals surface area contributed by atoms with Crippen LogP contribution in [-0.2, 0) is 4.79 Å². The summed E-state index contributed by atoms with van der Waals surface area (Å²) in [6.07, 6.45) is 2.63. The molecule has 0 saturated carbocycles. The van der Waals surface area contributed by atoms with Gasteiger partial charge in [0.2, 0.25) is 5.91 Å². The molecule has 0 aliphatic carbocycles. The number of benzene rings is 1. The number of hydrogen-bond donors (Lipinski definition) is 2. The normalized spacial score (nSPS) is 10.2. The molecule has 65 valence electrons. The second-order valence-electron chi connectivity index (χ2n) is 2.76. The predicted octanol–water partition coefficient (Wildman–Crippen LogP) is 1.32. The Balaban J connectivity index is 2.42. The Morgan fingerprint density at radius 2 is 2.46 bits per heavy atom. The molecule has 1 aromatic carbocycles. The van der Waals surface area contributed by atoms with E-state index in [-0.39, 0.29) is 5.91 Å². The van der Waals surface area contributed by atoms with Gasteiger partial charge in [0.1, 0.15) is 0 Å². The summed E-state index contributed by atoms with van der Waals surface area (Å²) >= 11 is 0. The van der Waals surface area contributed by atoms with Crippen molar-refractivity contribution in [2.45, 2.75) is 6.92 Å². The Morgan fingerprint density at radius 1 is 1.62 bits per heavy atom. The van der Waals surface area contributed by atoms with E-state index in [1.807, 2.05) is 12.1 Å². The lowest BCUT2D eigenvalue weighted by atomic mass is 10.3. The number of nitrogens with one attached hydrogen (secondary N) is 2. The number of aromatic amines is 1. The van der Waals surface area contributed by atoms with E-state index in [1.54, 1.807) is 6.07 Å². The average Bonchev–Trinajstić information content (AvgIpc) is 2.49. The van der Waals surface area contributed by atoms with Gasteiger partial charge in [0.05, 0.1) is 11.0 Å². The maximum absolute atomic E-state index is 10.7. The molecule has 0 fully saturated rings. The summed E-state index contributed by atoms with van der Waals surface area (Å²) in [6.45, 7) is 1.47. The van der Waals surface area contributed by atoms with Gasteiger partial charge in [-0.2, -0.15) is 0 Å². The molecule has 4 heteroatoms. The number of anilines is 1. The Morgan fingerprint density at radius 3 is 3.23 bits per heavy atom. The summed E-state index contributed by atoms with van der Waals surface area (Å²) in [6, 6.07) is 5.46. The summed E-state index contributed by atoms with van der Waals surface area (Å²) < 4.78 is 0. The van der Waals surface area contributed by atoms with Crippen LogP contribution in [0.1, 0.15) is 6.92 Å². The maximum atomic E-state index is 10.7. The monoisotopic (exact) mass is 174 g/mol. The third-order valence-electron chi connectivity index (χ3n) is 1.69. The largest absolute Gasteiger partial charge is 0.335 e. The molecule has 2 rings (SSSR count). The van der Waals surface area contributed by atoms with Gasteiger partial charge in [0.25, 0.3) is 0 Å². The molecule has 0 spiro atoms. The number of carbonyl (C=O) groups is 1. The van der Waals surface area contributed by atoms with Gasteiger partial charge in [-0.15, -0.1) is 0 Å². The Kier molecular flexibility index (Phi) is 1.73. The van der Waals surface area contributed by atoms with Crippen LogP contribution in [0.5, 0.6) is 0 Å². The Bertz CT molecular complexity index is 447. The fraction of sp³-hybridized carbons (Fsp3) is 0.111. The molecule has 1 radical (unpaired) electrons. The molecular weight excluding hydrogens is 166 g/mol. The Hall–Kier alpha value is -1.84. The molecule has 1 amide bonds. The number of rotatable bonds is 1. The summed E-state index contributed by atoms with van der Waals surface area (Å²) in [5.74, 6) is -0.0844. The van der Waals surface area contributed by atoms with Crippen molar-refractivity contribution < 1.29 is 4.79 Å². The summed E-state index contributed by atoms with van der Waals surface area (Å²) in [7, 11) is 0. The zero-order chi connectivity index (χ0) is 9.26. The summed E-state index contributed by atoms with van der Waals surface area (Å²) in [5.41, 5.74) is 2.46. The average molecular weight is 174 g/mol. The molecular formula is C9H8N3O. The van der Waals surface area contributed by atoms with Crippen molar-refractivity contribution in [2.75, 3.05) is 5.32 Å². The highest BCUT2D eigenvalue weighted by atomic mass is 16.1. The van der Waals surface area contributed by atoms with Crippen molar-refractivity contribution in [2.24, 2.45) is 0 Å². The van der Waals surface area contributed by atoms with E-state index in [1.165, 1.54) is 6.92 Å². The smallest absolute Gasteiger partial charge is 0.221 e. The SMILES string of the molecule is CC(=O)Nc1ccc2[nH][c]nc2c1. The summed E-state index contributed by atoms with van der Waals surface area (Å²) in [4.78, 5) is 17.5. The van der Waals surface area contributed by atoms with E-state index >= 15 is 0 Å². The zero-order valence-corrected chi connectivity index (χ0v) is 7.09. The maximum Gasteiger partial charge on any atom is 0.221 e. The van der Waals surface area contributed by atoms with E-state index in [2.05, 4.69) is 21.6 Å². The molecule has 0 unspecified atom stereocenters. The fourth-order valence-corrected chi connectivity index (χ4v) is 1.16. The van der Waals surface area contributed by atoms with Crippen molar-refractivity contribution in [3.63, 3.8) is 0 Å². The molecule has 0 aliphatic heterocycles. The molecule has 1 heterocycles. The van der Waals surface area contributed by atoms with Crippen LogP contribution >= 0.6 is 0 Å². The van der Waals surface area contributed by atoms with Crippen LogP contribution in [0.2, 0.25) is 0 Å². The van der Waals surface area contributed by atoms with Crippen molar-refractivity contribution in [3.05, 3.63) is 24.5 Å². The number of carbonyl (C=O) groups excluding carboxylic acids is 1. The lowest BCUT2D eigenvalue weighted by Gasteiger charge is -1.99. The van der Waals surface area contributed by atoms with Crippen LogP contribution in [0.4, 0.5) is 5.69 Å². The molecule has 0 bridgehead atoms. The lowest BCUT2D eigenvalue weighted by Crippen LogP contribution is -2.05. The van der Waals surface area contributed by atoms with Crippen LogP contribution in [0.15, 0.2) is 18.2 Å². The number of amides is 1. The van der Waals surface area contributed by atoms with E-state index in [4.69, 9.17) is 0 Å². The fourth-order valence-electron chi connectivity index (χ4n) is 1.16. The molecule has 13 heavy (non-hydrogen) atoms. The third-order valence-corrected chi connectivity index (χ3v) is 1.69. The first-order valence-corrected chi connectivity index (χ1v) is 3.89. The molecule has 0 atom stereocenters. The molecule has 4 nitrogen and oxygen atoms in total. The lowest BCUT2D eigenvalue weighted by molar-refractivity contribution is -0.114. The van der Waals surface area contributed by atoms with Gasteiger partial charge >= 0.3 is 0 Å². The van der Waals surface area contributed by atoms with Crippen molar-refractivity contribution in [1.29, 1.82) is 0 Å². The molecule has 1 aromatic heterocycles. The van der Waals surface area contributed by atoms with Gasteiger partial charge in [-0.05, 0) is 18.2 Å². The minimum Gasteiger partial charge on any atom is -0.335 e. The number of imidazole rings is 1. The molecule has 0 saturated heterocycles. The van der Waals surface area contributed by atoms with Gasteiger partial charge in [0.15, 0.2) is 6.33 Å². The van der Waals surface area contributed by atoms with Gasteiger partial charge in [-0.25, -0.2) is 4.98 Å². The van der Waals surface area contributed by atoms with Crippen molar-refractivity contribution in [1.82, 2.24) is 9.97 Å². The number of hydrogen-bond acceptors (Lipinski definition) is 2. The van der Waals surface area contributed by atoms with Gasteiger partial charge < -0.3 is 10.3 Å². The van der Waals surface area contributed by atoms with Crippen LogP contribution < -0.4 is 5.32 Å². The summed E-state index contributed by atoms with van der Waals surface area (Å²) in [5, 5.41) is 2.68. The second-order valence-corrected chi connectivity index (χ2v) is 2.76. The molecule has 2 N–H and O–H groups in total. The highest BCUT2D eigenvalue weighted by Gasteiger charge is 1.99. The topological polar surface area (TPSA) is 57.8 Å². The number of fused-ring (bicyclic) bond motifs is 1. The van der Waals surface area contributed by atoms with Gasteiger partial charge in [-0.1, -0.05) is 0 Å². The minimum atomic E-state index is -0.0844. The quantitative estimate of drug-likeness (QED) is 0.685. The van der Waals surface area contributed by atoms with E-state index < -0.39 is 0 Å². The number of H-pyrrole nitrogens is 1. The van der Waals surface area contributed by atoms with E-state index in [0.717, 1.165) is 16.7 Å².